The maximum Gasteiger partial charge on any atom is 0.0951 e. The van der Waals surface area contributed by atoms with E-state index in [9.17, 15) is 0 Å². The molecule has 1 aromatic heterocycles. The van der Waals surface area contributed by atoms with Crippen molar-refractivity contribution in [2.45, 2.75) is 57.4 Å². The normalized spacial score (nSPS) is 24.0. The molecule has 4 rings (SSSR count). The van der Waals surface area contributed by atoms with Crippen LogP contribution in [0.5, 0.6) is 0 Å². The summed E-state index contributed by atoms with van der Waals surface area (Å²) < 4.78 is 2.20. The monoisotopic (exact) mass is 326 g/mol. The van der Waals surface area contributed by atoms with E-state index >= 15 is 0 Å². The van der Waals surface area contributed by atoms with Gasteiger partial charge in [-0.25, -0.2) is 4.98 Å². The van der Waals surface area contributed by atoms with Crippen LogP contribution in [0.3, 0.4) is 0 Å². The van der Waals surface area contributed by atoms with Crippen molar-refractivity contribution in [1.29, 1.82) is 0 Å². The summed E-state index contributed by atoms with van der Waals surface area (Å²) in [6.45, 7) is 4.60. The quantitative estimate of drug-likeness (QED) is 0.721. The van der Waals surface area contributed by atoms with Gasteiger partial charge in [0.05, 0.1) is 12.4 Å². The minimum atomic E-state index is 0.271. The van der Waals surface area contributed by atoms with Crippen LogP contribution in [0.25, 0.3) is 6.08 Å². The van der Waals surface area contributed by atoms with E-state index in [2.05, 4.69) is 47.8 Å². The van der Waals surface area contributed by atoms with Crippen molar-refractivity contribution in [3.8, 4) is 0 Å². The Morgan fingerprint density at radius 2 is 2.26 bits per heavy atom. The van der Waals surface area contributed by atoms with E-state index in [1.54, 1.807) is 5.56 Å². The molecule has 1 aromatic carbocycles. The number of aromatic nitrogens is 2. The Morgan fingerprint density at radius 1 is 1.39 bits per heavy atom. The number of benzene rings is 1. The van der Waals surface area contributed by atoms with Crippen LogP contribution in [0, 0.1) is 0 Å². The van der Waals surface area contributed by atoms with Gasteiger partial charge in [0.15, 0.2) is 0 Å². The second kappa shape index (κ2) is 5.52. The van der Waals surface area contributed by atoms with Crippen molar-refractivity contribution in [3.63, 3.8) is 0 Å². The molecule has 2 aromatic rings. The fraction of sp³-hybridized carbons (Fsp3) is 0.450. The fourth-order valence-electron chi connectivity index (χ4n) is 4.60. The van der Waals surface area contributed by atoms with Gasteiger partial charge in [0, 0.05) is 17.4 Å². The van der Waals surface area contributed by atoms with Crippen molar-refractivity contribution in [3.05, 3.63) is 58.1 Å². The highest BCUT2D eigenvalue weighted by Crippen LogP contribution is 2.52. The highest BCUT2D eigenvalue weighted by atomic mass is 35.5. The number of halogens is 1. The first-order valence-electron chi connectivity index (χ1n) is 8.64. The Morgan fingerprint density at radius 3 is 3.00 bits per heavy atom. The molecule has 2 aliphatic carbocycles. The Kier molecular flexibility index (Phi) is 3.60. The SMILES string of the molecule is CCC12CCCc3ccc(Cl)c(c31)C=C(C(C)n1ccnc1)C2. The largest absolute Gasteiger partial charge is 0.331 e. The summed E-state index contributed by atoms with van der Waals surface area (Å²) in [5.74, 6) is 0. The molecule has 0 bridgehead atoms. The number of hydrogen-bond donors (Lipinski definition) is 0. The number of imidazole rings is 1. The molecule has 0 amide bonds. The molecule has 23 heavy (non-hydrogen) atoms. The first-order valence-corrected chi connectivity index (χ1v) is 9.02. The Bertz CT molecular complexity index is 760. The van der Waals surface area contributed by atoms with Gasteiger partial charge in [-0.3, -0.25) is 0 Å². The molecule has 2 nitrogen and oxygen atoms in total. The van der Waals surface area contributed by atoms with Crippen LogP contribution < -0.4 is 0 Å². The molecule has 0 aliphatic heterocycles. The Balaban J connectivity index is 1.89. The number of aryl methyl sites for hydroxylation is 1. The molecule has 0 fully saturated rings. The molecule has 0 saturated carbocycles. The van der Waals surface area contributed by atoms with Crippen LogP contribution in [0.15, 0.2) is 36.4 Å². The van der Waals surface area contributed by atoms with E-state index in [0.717, 1.165) is 11.4 Å². The molecular formula is C20H23ClN2. The molecule has 3 heteroatoms. The smallest absolute Gasteiger partial charge is 0.0951 e. The highest BCUT2D eigenvalue weighted by Gasteiger charge is 2.41. The summed E-state index contributed by atoms with van der Waals surface area (Å²) in [4.78, 5) is 4.21. The summed E-state index contributed by atoms with van der Waals surface area (Å²) in [7, 11) is 0. The molecule has 0 saturated heterocycles. The third-order valence-corrected chi connectivity index (χ3v) is 6.30. The van der Waals surface area contributed by atoms with Gasteiger partial charge in [-0.05, 0) is 72.8 Å². The molecule has 120 valence electrons. The van der Waals surface area contributed by atoms with Crippen LogP contribution >= 0.6 is 11.6 Å². The zero-order valence-electron chi connectivity index (χ0n) is 13.8. The van der Waals surface area contributed by atoms with Gasteiger partial charge in [0.2, 0.25) is 0 Å². The zero-order chi connectivity index (χ0) is 16.0. The molecule has 0 N–H and O–H groups in total. The predicted molar refractivity (Wildman–Crippen MR) is 95.9 cm³/mol. The summed E-state index contributed by atoms with van der Waals surface area (Å²) in [6.07, 6.45) is 14.3. The molecule has 0 spiro atoms. The van der Waals surface area contributed by atoms with Crippen molar-refractivity contribution >= 4 is 17.7 Å². The van der Waals surface area contributed by atoms with Gasteiger partial charge in [0.25, 0.3) is 0 Å². The lowest BCUT2D eigenvalue weighted by molar-refractivity contribution is 0.329. The number of hydrogen-bond acceptors (Lipinski definition) is 1. The fourth-order valence-corrected chi connectivity index (χ4v) is 4.81. The molecule has 2 aliphatic rings. The van der Waals surface area contributed by atoms with Gasteiger partial charge >= 0.3 is 0 Å². The van der Waals surface area contributed by atoms with Crippen LogP contribution in [-0.2, 0) is 11.8 Å². The van der Waals surface area contributed by atoms with Crippen molar-refractivity contribution in [2.75, 3.05) is 0 Å². The van der Waals surface area contributed by atoms with E-state index < -0.39 is 0 Å². The summed E-state index contributed by atoms with van der Waals surface area (Å²) in [6, 6.07) is 4.67. The molecule has 0 radical (unpaired) electrons. The highest BCUT2D eigenvalue weighted by molar-refractivity contribution is 6.32. The molecule has 2 atom stereocenters. The minimum absolute atomic E-state index is 0.271. The number of allylic oxidation sites excluding steroid dienone is 1. The van der Waals surface area contributed by atoms with Gasteiger partial charge < -0.3 is 4.57 Å². The summed E-state index contributed by atoms with van der Waals surface area (Å²) in [5.41, 5.74) is 6.08. The number of nitrogens with zero attached hydrogens (tertiary/aromatic N) is 2. The standard InChI is InChI=1S/C20H23ClN2/c1-3-20-8-4-5-15-6-7-18(21)17(19(15)20)11-16(12-20)14(2)23-10-9-22-13-23/h6-7,9-11,13-14H,3-5,8,12H2,1-2H3. The van der Waals surface area contributed by atoms with E-state index in [0.29, 0.717) is 6.04 Å². The lowest BCUT2D eigenvalue weighted by Gasteiger charge is -2.44. The third-order valence-electron chi connectivity index (χ3n) is 5.97. The summed E-state index contributed by atoms with van der Waals surface area (Å²) in [5, 5.41) is 0.901. The third kappa shape index (κ3) is 2.27. The molecular weight excluding hydrogens is 304 g/mol. The van der Waals surface area contributed by atoms with Crippen LogP contribution in [0.1, 0.15) is 62.3 Å². The lowest BCUT2D eigenvalue weighted by Crippen LogP contribution is -2.35. The summed E-state index contributed by atoms with van der Waals surface area (Å²) >= 11 is 6.61. The van der Waals surface area contributed by atoms with E-state index in [4.69, 9.17) is 11.6 Å². The second-order valence-corrected chi connectivity index (χ2v) is 7.47. The van der Waals surface area contributed by atoms with Crippen LogP contribution in [0.4, 0.5) is 0 Å². The van der Waals surface area contributed by atoms with Gasteiger partial charge in [0.1, 0.15) is 0 Å². The average Bonchev–Trinajstić information content (AvgIpc) is 3.11. The average molecular weight is 327 g/mol. The maximum atomic E-state index is 6.61. The minimum Gasteiger partial charge on any atom is -0.331 e. The van der Waals surface area contributed by atoms with Crippen LogP contribution in [-0.4, -0.2) is 9.55 Å². The molecule has 2 unspecified atom stereocenters. The van der Waals surface area contributed by atoms with Gasteiger partial charge in [-0.2, -0.15) is 0 Å². The predicted octanol–water partition coefficient (Wildman–Crippen LogP) is 5.57. The lowest BCUT2D eigenvalue weighted by atomic mass is 9.61. The van der Waals surface area contributed by atoms with Crippen molar-refractivity contribution < 1.29 is 0 Å². The Hall–Kier alpha value is -1.54. The van der Waals surface area contributed by atoms with E-state index in [-0.39, 0.29) is 5.41 Å². The van der Waals surface area contributed by atoms with Crippen molar-refractivity contribution in [2.24, 2.45) is 0 Å². The number of rotatable bonds is 3. The zero-order valence-corrected chi connectivity index (χ0v) is 14.6. The second-order valence-electron chi connectivity index (χ2n) is 7.06. The first-order chi connectivity index (χ1) is 11.1. The van der Waals surface area contributed by atoms with Crippen LogP contribution in [0.2, 0.25) is 5.02 Å². The topological polar surface area (TPSA) is 17.8 Å². The van der Waals surface area contributed by atoms with Gasteiger partial charge in [-0.1, -0.05) is 30.7 Å². The van der Waals surface area contributed by atoms with Gasteiger partial charge in [-0.15, -0.1) is 0 Å². The Labute approximate surface area is 143 Å². The molecule has 1 heterocycles. The van der Waals surface area contributed by atoms with Crippen molar-refractivity contribution in [1.82, 2.24) is 9.55 Å². The first kappa shape index (κ1) is 15.0. The maximum absolute atomic E-state index is 6.61. The van der Waals surface area contributed by atoms with E-state index in [1.165, 1.54) is 42.4 Å². The van der Waals surface area contributed by atoms with E-state index in [1.807, 2.05) is 12.5 Å².